The van der Waals surface area contributed by atoms with E-state index in [1.807, 2.05) is 98.8 Å². The summed E-state index contributed by atoms with van der Waals surface area (Å²) in [7, 11) is -3.87. The number of rotatable bonds is 15. The van der Waals surface area contributed by atoms with E-state index in [4.69, 9.17) is 4.74 Å². The molecular weight excluding hydrogens is 586 g/mol. The minimum absolute atomic E-state index is 0.139. The molecular formula is C36H41N3O5S. The van der Waals surface area contributed by atoms with Crippen molar-refractivity contribution in [2.75, 3.05) is 23.7 Å². The van der Waals surface area contributed by atoms with Crippen LogP contribution >= 0.6 is 0 Å². The Labute approximate surface area is 266 Å². The summed E-state index contributed by atoms with van der Waals surface area (Å²) < 4.78 is 33.1. The number of sulfonamides is 1. The molecule has 0 unspecified atom stereocenters. The van der Waals surface area contributed by atoms with Crippen molar-refractivity contribution in [3.8, 4) is 5.75 Å². The van der Waals surface area contributed by atoms with Crippen molar-refractivity contribution in [3.05, 3.63) is 131 Å². The first-order valence-corrected chi connectivity index (χ1v) is 16.9. The van der Waals surface area contributed by atoms with Crippen LogP contribution in [0.4, 0.5) is 5.69 Å². The Hall–Kier alpha value is -4.63. The lowest BCUT2D eigenvalue weighted by atomic mass is 10.0. The molecule has 0 aliphatic rings. The van der Waals surface area contributed by atoms with Gasteiger partial charge >= 0.3 is 0 Å². The lowest BCUT2D eigenvalue weighted by Gasteiger charge is -2.33. The van der Waals surface area contributed by atoms with E-state index in [0.29, 0.717) is 24.6 Å². The van der Waals surface area contributed by atoms with Gasteiger partial charge in [-0.3, -0.25) is 13.9 Å². The van der Waals surface area contributed by atoms with Crippen LogP contribution in [0.1, 0.15) is 35.6 Å². The SMILES string of the molecule is CCCNC(=O)[C@@H](Cc1ccccc1)N(Cc1ccc(C)cc1)C(=O)CN(c1ccc(OCc2ccccc2)cc1)S(C)(=O)=O. The highest BCUT2D eigenvalue weighted by Gasteiger charge is 2.33. The van der Waals surface area contributed by atoms with E-state index in [0.717, 1.165) is 39.2 Å². The molecule has 45 heavy (non-hydrogen) atoms. The van der Waals surface area contributed by atoms with Crippen LogP contribution in [0.3, 0.4) is 0 Å². The van der Waals surface area contributed by atoms with E-state index in [2.05, 4.69) is 5.32 Å². The third-order valence-electron chi connectivity index (χ3n) is 7.35. The van der Waals surface area contributed by atoms with Gasteiger partial charge in [-0.2, -0.15) is 0 Å². The molecule has 9 heteroatoms. The Morgan fingerprint density at radius 1 is 0.800 bits per heavy atom. The number of nitrogens with one attached hydrogen (secondary N) is 1. The Morgan fingerprint density at radius 3 is 1.98 bits per heavy atom. The van der Waals surface area contributed by atoms with Crippen LogP contribution in [-0.2, 0) is 39.2 Å². The number of carbonyl (C=O) groups excluding carboxylic acids is 2. The topological polar surface area (TPSA) is 96.0 Å². The van der Waals surface area contributed by atoms with Crippen molar-refractivity contribution in [1.29, 1.82) is 0 Å². The molecule has 0 radical (unpaired) electrons. The maximum absolute atomic E-state index is 14.2. The number of hydrogen-bond acceptors (Lipinski definition) is 5. The van der Waals surface area contributed by atoms with Crippen LogP contribution in [0.25, 0.3) is 0 Å². The van der Waals surface area contributed by atoms with Gasteiger partial charge in [-0.1, -0.05) is 97.4 Å². The van der Waals surface area contributed by atoms with Crippen LogP contribution in [-0.4, -0.2) is 50.5 Å². The molecule has 0 heterocycles. The second kappa shape index (κ2) is 15.9. The van der Waals surface area contributed by atoms with E-state index in [9.17, 15) is 18.0 Å². The fraction of sp³-hybridized carbons (Fsp3) is 0.278. The van der Waals surface area contributed by atoms with Gasteiger partial charge in [-0.25, -0.2) is 8.42 Å². The van der Waals surface area contributed by atoms with Crippen molar-refractivity contribution in [2.24, 2.45) is 0 Å². The smallest absolute Gasteiger partial charge is 0.244 e. The van der Waals surface area contributed by atoms with Gasteiger partial charge in [-0.15, -0.1) is 0 Å². The van der Waals surface area contributed by atoms with Crippen molar-refractivity contribution in [2.45, 2.75) is 45.9 Å². The summed E-state index contributed by atoms with van der Waals surface area (Å²) in [5.41, 5.74) is 4.12. The Bertz CT molecular complexity index is 1630. The minimum Gasteiger partial charge on any atom is -0.489 e. The van der Waals surface area contributed by atoms with Crippen molar-refractivity contribution in [3.63, 3.8) is 0 Å². The van der Waals surface area contributed by atoms with Gasteiger partial charge in [0, 0.05) is 19.5 Å². The average Bonchev–Trinajstić information content (AvgIpc) is 3.04. The summed E-state index contributed by atoms with van der Waals surface area (Å²) in [5.74, 6) is -0.205. The van der Waals surface area contributed by atoms with Gasteiger partial charge in [0.15, 0.2) is 0 Å². The highest BCUT2D eigenvalue weighted by Crippen LogP contribution is 2.24. The molecule has 0 fully saturated rings. The summed E-state index contributed by atoms with van der Waals surface area (Å²) in [6.45, 7) is 4.44. The zero-order valence-corrected chi connectivity index (χ0v) is 26.9. The summed E-state index contributed by atoms with van der Waals surface area (Å²) >= 11 is 0. The van der Waals surface area contributed by atoms with Crippen LogP contribution in [0, 0.1) is 6.92 Å². The quantitative estimate of drug-likeness (QED) is 0.188. The zero-order valence-electron chi connectivity index (χ0n) is 26.1. The number of aryl methyl sites for hydroxylation is 1. The number of hydrogen-bond donors (Lipinski definition) is 1. The first kappa shape index (κ1) is 33.3. The fourth-order valence-corrected chi connectivity index (χ4v) is 5.72. The predicted molar refractivity (Wildman–Crippen MR) is 178 cm³/mol. The second-order valence-corrected chi connectivity index (χ2v) is 12.9. The van der Waals surface area contributed by atoms with E-state index in [1.165, 1.54) is 4.90 Å². The normalized spacial score (nSPS) is 11.8. The number of benzene rings is 4. The molecule has 4 aromatic rings. The van der Waals surface area contributed by atoms with E-state index in [1.54, 1.807) is 24.3 Å². The first-order chi connectivity index (χ1) is 21.6. The summed E-state index contributed by atoms with van der Waals surface area (Å²) in [6.07, 6.45) is 2.09. The Morgan fingerprint density at radius 2 is 1.40 bits per heavy atom. The van der Waals surface area contributed by atoms with Crippen molar-refractivity contribution < 1.29 is 22.7 Å². The van der Waals surface area contributed by atoms with E-state index >= 15 is 0 Å². The van der Waals surface area contributed by atoms with E-state index < -0.39 is 28.5 Å². The molecule has 2 amide bonds. The van der Waals surface area contributed by atoms with Crippen molar-refractivity contribution in [1.82, 2.24) is 10.2 Å². The van der Waals surface area contributed by atoms with Gasteiger partial charge < -0.3 is 15.0 Å². The molecule has 4 rings (SSSR count). The van der Waals surface area contributed by atoms with E-state index in [-0.39, 0.29) is 18.9 Å². The summed E-state index contributed by atoms with van der Waals surface area (Å²) in [5, 5.41) is 2.95. The number of amides is 2. The molecule has 0 saturated carbocycles. The van der Waals surface area contributed by atoms with Gasteiger partial charge in [0.05, 0.1) is 11.9 Å². The number of anilines is 1. The van der Waals surface area contributed by atoms with Gasteiger partial charge in [0.25, 0.3) is 0 Å². The van der Waals surface area contributed by atoms with Gasteiger partial charge in [0.2, 0.25) is 21.8 Å². The first-order valence-electron chi connectivity index (χ1n) is 15.0. The predicted octanol–water partition coefficient (Wildman–Crippen LogP) is 5.51. The zero-order chi connectivity index (χ0) is 32.2. The molecule has 0 aliphatic heterocycles. The Balaban J connectivity index is 1.63. The van der Waals surface area contributed by atoms with Crippen LogP contribution in [0.15, 0.2) is 109 Å². The van der Waals surface area contributed by atoms with Crippen LogP contribution in [0.5, 0.6) is 5.75 Å². The largest absolute Gasteiger partial charge is 0.489 e. The van der Waals surface area contributed by atoms with Gasteiger partial charge in [-0.05, 0) is 54.3 Å². The fourth-order valence-electron chi connectivity index (χ4n) is 4.87. The van der Waals surface area contributed by atoms with Crippen molar-refractivity contribution >= 4 is 27.5 Å². The standard InChI is InChI=1S/C36H41N3O5S/c1-4-23-37-36(41)34(24-29-11-7-5-8-12-29)38(25-30-17-15-28(2)16-18-30)35(40)26-39(45(3,42)43)32-19-21-33(22-20-32)44-27-31-13-9-6-10-14-31/h5-22,34H,4,23-27H2,1-3H3,(H,37,41)/t34-/m1/s1. The number of ether oxygens (including phenoxy) is 1. The Kier molecular flexibility index (Phi) is 11.8. The minimum atomic E-state index is -3.87. The molecule has 8 nitrogen and oxygen atoms in total. The highest BCUT2D eigenvalue weighted by atomic mass is 32.2. The van der Waals surface area contributed by atoms with Crippen LogP contribution in [0.2, 0.25) is 0 Å². The van der Waals surface area contributed by atoms with Gasteiger partial charge in [0.1, 0.15) is 24.9 Å². The third kappa shape index (κ3) is 9.94. The molecule has 0 spiro atoms. The van der Waals surface area contributed by atoms with Crippen LogP contribution < -0.4 is 14.4 Å². The third-order valence-corrected chi connectivity index (χ3v) is 8.49. The highest BCUT2D eigenvalue weighted by molar-refractivity contribution is 7.92. The molecule has 236 valence electrons. The molecule has 0 saturated heterocycles. The average molecular weight is 628 g/mol. The number of nitrogens with zero attached hydrogens (tertiary/aromatic N) is 2. The summed E-state index contributed by atoms with van der Waals surface area (Å²) in [4.78, 5) is 29.3. The molecule has 1 atom stereocenters. The second-order valence-electron chi connectivity index (χ2n) is 11.0. The number of carbonyl (C=O) groups is 2. The lowest BCUT2D eigenvalue weighted by Crippen LogP contribution is -2.53. The maximum atomic E-state index is 14.2. The molecule has 0 bridgehead atoms. The maximum Gasteiger partial charge on any atom is 0.244 e. The molecule has 1 N–H and O–H groups in total. The lowest BCUT2D eigenvalue weighted by molar-refractivity contribution is -0.140. The monoisotopic (exact) mass is 627 g/mol. The molecule has 0 aromatic heterocycles. The molecule has 4 aromatic carbocycles. The molecule has 0 aliphatic carbocycles. The summed E-state index contributed by atoms with van der Waals surface area (Å²) in [6, 6.07) is 32.7.